The Morgan fingerprint density at radius 2 is 1.83 bits per heavy atom. The molecule has 0 aliphatic carbocycles. The molecular weight excluding hydrogens is 452 g/mol. The Bertz CT molecular complexity index is 1660. The third-order valence-electron chi connectivity index (χ3n) is 6.55. The molecular formula is C29H24N4O3. The van der Waals surface area contributed by atoms with Crippen LogP contribution in [0.3, 0.4) is 0 Å². The molecule has 178 valence electrons. The van der Waals surface area contributed by atoms with Crippen LogP contribution in [0, 0.1) is 6.92 Å². The molecule has 0 saturated carbocycles. The van der Waals surface area contributed by atoms with Gasteiger partial charge in [-0.15, -0.1) is 0 Å². The molecule has 1 aliphatic rings. The molecule has 7 heteroatoms. The molecule has 3 aromatic carbocycles. The molecule has 0 radical (unpaired) electrons. The minimum Gasteiger partial charge on any atom is -0.488 e. The highest BCUT2D eigenvalue weighted by Gasteiger charge is 2.23. The van der Waals surface area contributed by atoms with Crippen molar-refractivity contribution in [1.82, 2.24) is 19.7 Å². The molecule has 2 aromatic heterocycles. The van der Waals surface area contributed by atoms with Crippen LogP contribution < -0.4 is 10.5 Å². The van der Waals surface area contributed by atoms with Gasteiger partial charge in [0, 0.05) is 29.4 Å². The summed E-state index contributed by atoms with van der Waals surface area (Å²) in [6.07, 6.45) is 2.10. The van der Waals surface area contributed by atoms with Crippen LogP contribution in [0.15, 0.2) is 88.3 Å². The van der Waals surface area contributed by atoms with Gasteiger partial charge >= 0.3 is 5.76 Å². The fraction of sp³-hybridized carbons (Fsp3) is 0.138. The number of nitrogens with one attached hydrogen (secondary N) is 1. The lowest BCUT2D eigenvalue weighted by Crippen LogP contribution is -2.04. The van der Waals surface area contributed by atoms with Gasteiger partial charge in [0.25, 0.3) is 0 Å². The van der Waals surface area contributed by atoms with Crippen molar-refractivity contribution in [3.63, 3.8) is 0 Å². The molecule has 0 spiro atoms. The summed E-state index contributed by atoms with van der Waals surface area (Å²) in [5, 5.41) is 3.93. The van der Waals surface area contributed by atoms with E-state index in [0.29, 0.717) is 19.0 Å². The molecule has 0 fully saturated rings. The summed E-state index contributed by atoms with van der Waals surface area (Å²) >= 11 is 0. The molecule has 0 atom stereocenters. The van der Waals surface area contributed by atoms with E-state index >= 15 is 0 Å². The number of benzene rings is 3. The molecule has 0 saturated heterocycles. The number of aromatic amines is 1. The van der Waals surface area contributed by atoms with Crippen LogP contribution in [0.4, 0.5) is 0 Å². The fourth-order valence-electron chi connectivity index (χ4n) is 4.74. The number of imidazole rings is 1. The van der Waals surface area contributed by atoms with E-state index in [1.807, 2.05) is 56.3 Å². The Morgan fingerprint density at radius 1 is 1.03 bits per heavy atom. The van der Waals surface area contributed by atoms with Gasteiger partial charge in [-0.05, 0) is 48.2 Å². The zero-order valence-electron chi connectivity index (χ0n) is 20.0. The molecule has 1 aliphatic heterocycles. The van der Waals surface area contributed by atoms with E-state index in [1.165, 1.54) is 0 Å². The number of rotatable bonds is 4. The SMILES string of the molecule is C/C(=C1\c2ccc(Cn3cc(-c4ccccc4)nc3C)cc2COc2ccccc21)c1noc(=O)[nH]1. The smallest absolute Gasteiger partial charge is 0.439 e. The topological polar surface area (TPSA) is 85.9 Å². The number of allylic oxidation sites excluding steroid dienone is 1. The largest absolute Gasteiger partial charge is 0.488 e. The quantitative estimate of drug-likeness (QED) is 0.373. The molecule has 5 aromatic rings. The minimum absolute atomic E-state index is 0.407. The van der Waals surface area contributed by atoms with Crippen molar-refractivity contribution in [2.24, 2.45) is 0 Å². The summed E-state index contributed by atoms with van der Waals surface area (Å²) in [6.45, 7) is 5.09. The second kappa shape index (κ2) is 8.85. The van der Waals surface area contributed by atoms with Gasteiger partial charge in [-0.25, -0.2) is 9.78 Å². The normalized spacial score (nSPS) is 13.9. The number of hydrogen-bond acceptors (Lipinski definition) is 5. The summed E-state index contributed by atoms with van der Waals surface area (Å²) in [5.41, 5.74) is 8.03. The number of H-pyrrole nitrogens is 1. The van der Waals surface area contributed by atoms with Crippen LogP contribution in [-0.4, -0.2) is 19.7 Å². The first-order valence-corrected chi connectivity index (χ1v) is 11.8. The summed E-state index contributed by atoms with van der Waals surface area (Å²) in [4.78, 5) is 19.1. The van der Waals surface area contributed by atoms with Gasteiger partial charge in [-0.1, -0.05) is 65.8 Å². The van der Waals surface area contributed by atoms with Gasteiger partial charge in [0.2, 0.25) is 0 Å². The predicted octanol–water partition coefficient (Wildman–Crippen LogP) is 5.45. The zero-order chi connectivity index (χ0) is 24.6. The number of hydrogen-bond donors (Lipinski definition) is 1. The van der Waals surface area contributed by atoms with Crippen molar-refractivity contribution >= 4 is 11.1 Å². The summed E-state index contributed by atoms with van der Waals surface area (Å²) in [6, 6.07) is 24.6. The molecule has 0 amide bonds. The highest BCUT2D eigenvalue weighted by atomic mass is 16.5. The molecule has 0 bridgehead atoms. The lowest BCUT2D eigenvalue weighted by molar-refractivity contribution is 0.307. The maximum absolute atomic E-state index is 11.6. The van der Waals surface area contributed by atoms with Gasteiger partial charge in [0.1, 0.15) is 18.2 Å². The highest BCUT2D eigenvalue weighted by molar-refractivity contribution is 5.99. The molecule has 7 nitrogen and oxygen atoms in total. The summed E-state index contributed by atoms with van der Waals surface area (Å²) in [7, 11) is 0. The summed E-state index contributed by atoms with van der Waals surface area (Å²) < 4.78 is 13.2. The third kappa shape index (κ3) is 3.94. The second-order valence-electron chi connectivity index (χ2n) is 8.89. The molecule has 1 N–H and O–H groups in total. The highest BCUT2D eigenvalue weighted by Crippen LogP contribution is 2.40. The van der Waals surface area contributed by atoms with Gasteiger partial charge in [0.05, 0.1) is 5.69 Å². The van der Waals surface area contributed by atoms with E-state index in [0.717, 1.165) is 56.2 Å². The van der Waals surface area contributed by atoms with Crippen molar-refractivity contribution in [2.45, 2.75) is 27.0 Å². The maximum Gasteiger partial charge on any atom is 0.439 e. The lowest BCUT2D eigenvalue weighted by atomic mass is 9.89. The molecule has 36 heavy (non-hydrogen) atoms. The van der Waals surface area contributed by atoms with E-state index in [-0.39, 0.29) is 0 Å². The van der Waals surface area contributed by atoms with Crippen molar-refractivity contribution in [3.8, 4) is 17.0 Å². The van der Waals surface area contributed by atoms with Crippen LogP contribution >= 0.6 is 0 Å². The van der Waals surface area contributed by atoms with Crippen LogP contribution in [0.1, 0.15) is 40.8 Å². The van der Waals surface area contributed by atoms with Crippen LogP contribution in [0.25, 0.3) is 22.4 Å². The number of nitrogens with zero attached hydrogens (tertiary/aromatic N) is 3. The Morgan fingerprint density at radius 3 is 2.64 bits per heavy atom. The lowest BCUT2D eigenvalue weighted by Gasteiger charge is -2.14. The van der Waals surface area contributed by atoms with Crippen molar-refractivity contribution in [2.75, 3.05) is 0 Å². The Labute approximate surface area is 207 Å². The average Bonchev–Trinajstić information content (AvgIpc) is 3.45. The van der Waals surface area contributed by atoms with E-state index in [2.05, 4.69) is 51.2 Å². The number of aromatic nitrogens is 4. The number of aryl methyl sites for hydroxylation is 1. The van der Waals surface area contributed by atoms with Gasteiger partial charge in [-0.3, -0.25) is 9.51 Å². The van der Waals surface area contributed by atoms with E-state index < -0.39 is 5.76 Å². The average molecular weight is 477 g/mol. The minimum atomic E-state index is -0.579. The first kappa shape index (κ1) is 21.9. The van der Waals surface area contributed by atoms with Gasteiger partial charge < -0.3 is 9.30 Å². The van der Waals surface area contributed by atoms with E-state index in [9.17, 15) is 4.79 Å². The number of fused-ring (bicyclic) bond motifs is 2. The van der Waals surface area contributed by atoms with Crippen LogP contribution in [0.5, 0.6) is 5.75 Å². The third-order valence-corrected chi connectivity index (χ3v) is 6.55. The Hall–Kier alpha value is -4.65. The molecule has 6 rings (SSSR count). The van der Waals surface area contributed by atoms with Crippen molar-refractivity contribution < 1.29 is 9.26 Å². The first-order chi connectivity index (χ1) is 17.6. The van der Waals surface area contributed by atoms with Crippen molar-refractivity contribution in [1.29, 1.82) is 0 Å². The van der Waals surface area contributed by atoms with Gasteiger partial charge in [0.15, 0.2) is 5.82 Å². The first-order valence-electron chi connectivity index (χ1n) is 11.8. The van der Waals surface area contributed by atoms with Crippen LogP contribution in [-0.2, 0) is 13.2 Å². The maximum atomic E-state index is 11.6. The fourth-order valence-corrected chi connectivity index (χ4v) is 4.74. The molecule has 3 heterocycles. The Balaban J connectivity index is 1.41. The van der Waals surface area contributed by atoms with E-state index in [1.54, 1.807) is 0 Å². The van der Waals surface area contributed by atoms with Gasteiger partial charge in [-0.2, -0.15) is 0 Å². The monoisotopic (exact) mass is 476 g/mol. The van der Waals surface area contributed by atoms with Crippen LogP contribution in [0.2, 0.25) is 0 Å². The Kier molecular flexibility index (Phi) is 5.37. The van der Waals surface area contributed by atoms with Crippen molar-refractivity contribution in [3.05, 3.63) is 123 Å². The predicted molar refractivity (Wildman–Crippen MR) is 137 cm³/mol. The van der Waals surface area contributed by atoms with E-state index in [4.69, 9.17) is 14.2 Å². The standard InChI is InChI=1S/C29H24N4O3/c1-18(28-31-29(34)36-32-28)27-23-13-12-20(14-22(23)17-35-26-11-7-6-10-24(26)27)15-33-16-25(30-19(33)2)21-8-4-3-5-9-21/h3-14,16H,15,17H2,1-2H3,(H,31,32,34)/b27-18-. The number of ether oxygens (including phenoxy) is 1. The second-order valence-corrected chi connectivity index (χ2v) is 8.89. The summed E-state index contributed by atoms with van der Waals surface area (Å²) in [5.74, 6) is 1.57. The molecule has 0 unspecified atom stereocenters. The zero-order valence-corrected chi connectivity index (χ0v) is 20.0. The number of para-hydroxylation sites is 1.